The molecule has 152 valence electrons. The maximum absolute atomic E-state index is 12.4. The maximum Gasteiger partial charge on any atom is 0.240 e. The average Bonchev–Trinajstić information content (AvgIpc) is 2.67. The molecule has 1 aromatic carbocycles. The van der Waals surface area contributed by atoms with Crippen LogP contribution in [0.25, 0.3) is 0 Å². The van der Waals surface area contributed by atoms with E-state index >= 15 is 0 Å². The second-order valence-electron chi connectivity index (χ2n) is 7.14. The van der Waals surface area contributed by atoms with Crippen molar-refractivity contribution in [2.45, 2.75) is 49.3 Å². The second-order valence-corrected chi connectivity index (χ2v) is 10.5. The first-order valence-electron chi connectivity index (χ1n) is 9.32. The summed E-state index contributed by atoms with van der Waals surface area (Å²) in [7, 11) is -7.77. The Balaban J connectivity index is 1.64. The number of hydrogen-bond donors (Lipinski definition) is 2. The van der Waals surface area contributed by atoms with Crippen LogP contribution in [-0.2, 0) is 26.5 Å². The molecule has 7 nitrogen and oxygen atoms in total. The summed E-state index contributed by atoms with van der Waals surface area (Å²) in [5.74, 6) is 0.319. The molecule has 1 aliphatic rings. The molecule has 1 saturated carbocycles. The number of anilines is 1. The molecule has 3 rings (SSSR count). The molecule has 0 amide bonds. The third-order valence-electron chi connectivity index (χ3n) is 4.99. The van der Waals surface area contributed by atoms with Crippen molar-refractivity contribution in [2.75, 3.05) is 10.5 Å². The number of nitrogens with two attached hydrogens (primary N) is 1. The van der Waals surface area contributed by atoms with E-state index in [1.165, 1.54) is 37.5 Å². The van der Waals surface area contributed by atoms with Gasteiger partial charge in [0.05, 0.1) is 11.4 Å². The van der Waals surface area contributed by atoms with Gasteiger partial charge in [-0.3, -0.25) is 9.71 Å². The fourth-order valence-corrected chi connectivity index (χ4v) is 5.37. The maximum atomic E-state index is 12.4. The molecule has 0 aliphatic heterocycles. The molecule has 1 fully saturated rings. The predicted molar refractivity (Wildman–Crippen MR) is 109 cm³/mol. The van der Waals surface area contributed by atoms with Gasteiger partial charge in [0.25, 0.3) is 0 Å². The number of hydrogen-bond acceptors (Lipinski definition) is 5. The fraction of sp³-hybridized carbons (Fsp3) is 0.421. The number of nitrogens with one attached hydrogen (secondary N) is 1. The third kappa shape index (κ3) is 5.52. The molecule has 0 spiro atoms. The number of aromatic nitrogens is 1. The largest absolute Gasteiger partial charge is 0.282 e. The first kappa shape index (κ1) is 20.8. The molecule has 1 heterocycles. The minimum absolute atomic E-state index is 0.0456. The molecular formula is C19H25N3O4S2. The number of aryl methyl sites for hydroxylation is 1. The number of pyridine rings is 1. The number of primary sulfonamides is 1. The minimum Gasteiger partial charge on any atom is -0.282 e. The van der Waals surface area contributed by atoms with E-state index in [0.717, 1.165) is 24.1 Å². The van der Waals surface area contributed by atoms with Crippen LogP contribution in [0.4, 0.5) is 5.69 Å². The summed E-state index contributed by atoms with van der Waals surface area (Å²) in [4.78, 5) is 4.27. The van der Waals surface area contributed by atoms with Gasteiger partial charge in [-0.25, -0.2) is 22.0 Å². The van der Waals surface area contributed by atoms with Gasteiger partial charge in [0.2, 0.25) is 20.0 Å². The number of rotatable bonds is 7. The molecule has 1 aliphatic carbocycles. The van der Waals surface area contributed by atoms with Crippen LogP contribution in [0.3, 0.4) is 0 Å². The van der Waals surface area contributed by atoms with Crippen molar-refractivity contribution in [1.82, 2.24) is 4.98 Å². The van der Waals surface area contributed by atoms with Crippen molar-refractivity contribution in [3.8, 4) is 0 Å². The zero-order valence-electron chi connectivity index (χ0n) is 15.5. The van der Waals surface area contributed by atoms with Crippen LogP contribution in [0.5, 0.6) is 0 Å². The lowest BCUT2D eigenvalue weighted by atomic mass is 9.86. The van der Waals surface area contributed by atoms with E-state index in [1.54, 1.807) is 12.3 Å². The van der Waals surface area contributed by atoms with Gasteiger partial charge in [-0.1, -0.05) is 37.5 Å². The lowest BCUT2D eigenvalue weighted by molar-refractivity contribution is 0.436. The van der Waals surface area contributed by atoms with Crippen molar-refractivity contribution in [3.63, 3.8) is 0 Å². The van der Waals surface area contributed by atoms with Crippen LogP contribution >= 0.6 is 0 Å². The summed E-state index contributed by atoms with van der Waals surface area (Å²) in [6.07, 6.45) is 8.09. The number of benzene rings is 1. The number of sulfonamides is 2. The van der Waals surface area contributed by atoms with Gasteiger partial charge in [-0.05, 0) is 43.0 Å². The van der Waals surface area contributed by atoms with Gasteiger partial charge in [0.1, 0.15) is 4.90 Å². The molecular weight excluding hydrogens is 398 g/mol. The zero-order valence-corrected chi connectivity index (χ0v) is 17.2. The summed E-state index contributed by atoms with van der Waals surface area (Å²) in [5.41, 5.74) is 1.85. The Kier molecular flexibility index (Phi) is 6.36. The van der Waals surface area contributed by atoms with Crippen LogP contribution in [-0.4, -0.2) is 27.6 Å². The fourth-order valence-electron chi connectivity index (χ4n) is 3.49. The van der Waals surface area contributed by atoms with E-state index in [2.05, 4.69) is 9.71 Å². The van der Waals surface area contributed by atoms with Crippen molar-refractivity contribution >= 4 is 25.7 Å². The molecule has 9 heteroatoms. The SMILES string of the molecule is NS(=O)(=O)c1ccccc1NS(=O)(=O)CCc1ccc(C2CCCCC2)nc1. The molecule has 0 unspecified atom stereocenters. The van der Waals surface area contributed by atoms with E-state index in [9.17, 15) is 16.8 Å². The minimum atomic E-state index is -4.03. The van der Waals surface area contributed by atoms with Crippen LogP contribution in [0.15, 0.2) is 47.5 Å². The summed E-state index contributed by atoms with van der Waals surface area (Å²) < 4.78 is 50.4. The van der Waals surface area contributed by atoms with Crippen LogP contribution < -0.4 is 9.86 Å². The monoisotopic (exact) mass is 423 g/mol. The van der Waals surface area contributed by atoms with Crippen LogP contribution in [0, 0.1) is 0 Å². The molecule has 0 bridgehead atoms. The predicted octanol–water partition coefficient (Wildman–Crippen LogP) is 2.76. The lowest BCUT2D eigenvalue weighted by Crippen LogP contribution is -2.21. The van der Waals surface area contributed by atoms with Crippen molar-refractivity contribution in [1.29, 1.82) is 0 Å². The molecule has 0 radical (unpaired) electrons. The highest BCUT2D eigenvalue weighted by molar-refractivity contribution is 7.93. The van der Waals surface area contributed by atoms with Crippen LogP contribution in [0.1, 0.15) is 49.3 Å². The van der Waals surface area contributed by atoms with Gasteiger partial charge in [-0.2, -0.15) is 0 Å². The van der Waals surface area contributed by atoms with E-state index in [0.29, 0.717) is 5.92 Å². The highest BCUT2D eigenvalue weighted by Crippen LogP contribution is 2.31. The third-order valence-corrected chi connectivity index (χ3v) is 7.23. The number of nitrogens with zero attached hydrogens (tertiary/aromatic N) is 1. The molecule has 0 atom stereocenters. The van der Waals surface area contributed by atoms with Crippen molar-refractivity contribution in [3.05, 3.63) is 53.9 Å². The first-order valence-corrected chi connectivity index (χ1v) is 12.5. The summed E-state index contributed by atoms with van der Waals surface area (Å²) in [6, 6.07) is 9.57. The Morgan fingerprint density at radius 1 is 1.00 bits per heavy atom. The Hall–Kier alpha value is -1.97. The smallest absolute Gasteiger partial charge is 0.240 e. The van der Waals surface area contributed by atoms with E-state index in [4.69, 9.17) is 5.14 Å². The molecule has 1 aromatic heterocycles. The van der Waals surface area contributed by atoms with Crippen molar-refractivity contribution < 1.29 is 16.8 Å². The van der Waals surface area contributed by atoms with Gasteiger partial charge in [0.15, 0.2) is 0 Å². The van der Waals surface area contributed by atoms with E-state index in [-0.39, 0.29) is 22.8 Å². The Morgan fingerprint density at radius 2 is 1.71 bits per heavy atom. The Labute approximate surface area is 166 Å². The van der Waals surface area contributed by atoms with Crippen LogP contribution in [0.2, 0.25) is 0 Å². The lowest BCUT2D eigenvalue weighted by Gasteiger charge is -2.21. The zero-order chi connectivity index (χ0) is 20.2. The highest BCUT2D eigenvalue weighted by Gasteiger charge is 2.19. The molecule has 0 saturated heterocycles. The highest BCUT2D eigenvalue weighted by atomic mass is 32.2. The summed E-state index contributed by atoms with van der Waals surface area (Å²) >= 11 is 0. The van der Waals surface area contributed by atoms with Gasteiger partial charge < -0.3 is 0 Å². The topological polar surface area (TPSA) is 119 Å². The summed E-state index contributed by atoms with van der Waals surface area (Å²) in [6.45, 7) is 0. The quantitative estimate of drug-likeness (QED) is 0.710. The molecule has 2 aromatic rings. The molecule has 3 N–H and O–H groups in total. The van der Waals surface area contributed by atoms with Gasteiger partial charge >= 0.3 is 0 Å². The van der Waals surface area contributed by atoms with Crippen molar-refractivity contribution in [2.24, 2.45) is 5.14 Å². The van der Waals surface area contributed by atoms with E-state index < -0.39 is 20.0 Å². The standard InChI is InChI=1S/C19H25N3O4S2/c20-28(25,26)19-9-5-4-8-18(19)22-27(23,24)13-12-15-10-11-17(21-14-15)16-6-2-1-3-7-16/h4-5,8-11,14,16,22H,1-3,6-7,12-13H2,(H2,20,25,26). The van der Waals surface area contributed by atoms with Gasteiger partial charge in [-0.15, -0.1) is 0 Å². The Bertz CT molecular complexity index is 1010. The second kappa shape index (κ2) is 8.59. The average molecular weight is 424 g/mol. The van der Waals surface area contributed by atoms with E-state index in [1.807, 2.05) is 12.1 Å². The van der Waals surface area contributed by atoms with Gasteiger partial charge in [0, 0.05) is 17.8 Å². The summed E-state index contributed by atoms with van der Waals surface area (Å²) in [5, 5.41) is 5.15. The normalized spacial score (nSPS) is 16.0. The Morgan fingerprint density at radius 3 is 2.36 bits per heavy atom. The number of para-hydroxylation sites is 1. The first-order chi connectivity index (χ1) is 13.2. The molecule has 28 heavy (non-hydrogen) atoms.